The fraction of sp³-hybridized carbons (Fsp3) is 0.444. The highest BCUT2D eigenvalue weighted by Crippen LogP contribution is 2.11. The highest BCUT2D eigenvalue weighted by molar-refractivity contribution is 5.91. The number of ether oxygens (including phenoxy) is 2. The number of oxazole rings is 1. The van der Waals surface area contributed by atoms with Gasteiger partial charge in [0.1, 0.15) is 5.76 Å². The number of aromatic nitrogens is 1. The van der Waals surface area contributed by atoms with Crippen LogP contribution in [0.25, 0.3) is 0 Å². The van der Waals surface area contributed by atoms with Crippen LogP contribution < -0.4 is 0 Å². The van der Waals surface area contributed by atoms with Gasteiger partial charge in [-0.15, -0.1) is 0 Å². The molecule has 6 nitrogen and oxygen atoms in total. The Morgan fingerprint density at radius 1 is 1.40 bits per heavy atom. The number of methoxy groups -OCH3 is 1. The number of aryl methyl sites for hydroxylation is 1. The van der Waals surface area contributed by atoms with Gasteiger partial charge in [0.2, 0.25) is 0 Å². The Morgan fingerprint density at radius 2 is 2.07 bits per heavy atom. The van der Waals surface area contributed by atoms with E-state index in [1.54, 1.807) is 6.92 Å². The second-order valence-electron chi connectivity index (χ2n) is 2.64. The Balaban J connectivity index is 2.96. The number of carbonyl (C=O) groups is 2. The van der Waals surface area contributed by atoms with Crippen LogP contribution in [0.15, 0.2) is 4.42 Å². The van der Waals surface area contributed by atoms with Crippen LogP contribution in [-0.2, 0) is 9.47 Å². The van der Waals surface area contributed by atoms with Gasteiger partial charge in [0.15, 0.2) is 5.69 Å². The van der Waals surface area contributed by atoms with Crippen LogP contribution >= 0.6 is 0 Å². The predicted octanol–water partition coefficient (Wildman–Crippen LogP) is 0.946. The van der Waals surface area contributed by atoms with E-state index in [-0.39, 0.29) is 24.0 Å². The lowest BCUT2D eigenvalue weighted by Gasteiger charge is -1.96. The summed E-state index contributed by atoms with van der Waals surface area (Å²) in [6, 6.07) is 0. The monoisotopic (exact) mass is 213 g/mol. The number of rotatable bonds is 3. The van der Waals surface area contributed by atoms with Crippen molar-refractivity contribution in [2.24, 2.45) is 0 Å². The highest BCUT2D eigenvalue weighted by atomic mass is 16.5. The number of nitrogens with zero attached hydrogens (tertiary/aromatic N) is 1. The van der Waals surface area contributed by atoms with E-state index in [9.17, 15) is 9.59 Å². The molecule has 0 aromatic carbocycles. The van der Waals surface area contributed by atoms with Crippen molar-refractivity contribution in [3.63, 3.8) is 0 Å². The van der Waals surface area contributed by atoms with Crippen LogP contribution in [0.1, 0.15) is 33.9 Å². The first-order valence-corrected chi connectivity index (χ1v) is 4.33. The van der Waals surface area contributed by atoms with Crippen molar-refractivity contribution in [1.29, 1.82) is 0 Å². The van der Waals surface area contributed by atoms with E-state index in [0.29, 0.717) is 0 Å². The molecule has 0 spiro atoms. The lowest BCUT2D eigenvalue weighted by Crippen LogP contribution is -2.08. The largest absolute Gasteiger partial charge is 0.462 e. The predicted molar refractivity (Wildman–Crippen MR) is 48.5 cm³/mol. The molecule has 6 heteroatoms. The van der Waals surface area contributed by atoms with Crippen LogP contribution in [0.4, 0.5) is 0 Å². The zero-order valence-electron chi connectivity index (χ0n) is 8.70. The molecule has 82 valence electrons. The molecule has 0 N–H and O–H groups in total. The SMILES string of the molecule is CCOC(=O)c1nc(C(=O)OC)oc1C. The average molecular weight is 213 g/mol. The van der Waals surface area contributed by atoms with Crippen LogP contribution in [0.3, 0.4) is 0 Å². The molecule has 1 aromatic heterocycles. The lowest BCUT2D eigenvalue weighted by atomic mass is 10.4. The Hall–Kier alpha value is -1.85. The average Bonchev–Trinajstić information content (AvgIpc) is 2.59. The summed E-state index contributed by atoms with van der Waals surface area (Å²) in [6.07, 6.45) is 0. The second kappa shape index (κ2) is 4.59. The van der Waals surface area contributed by atoms with Crippen molar-refractivity contribution in [2.45, 2.75) is 13.8 Å². The molecule has 0 saturated carbocycles. The molecule has 0 fully saturated rings. The van der Waals surface area contributed by atoms with Crippen LogP contribution in [0.2, 0.25) is 0 Å². The smallest absolute Gasteiger partial charge is 0.394 e. The number of hydrogen-bond donors (Lipinski definition) is 0. The molecule has 0 aliphatic rings. The Bertz CT molecular complexity index is 382. The van der Waals surface area contributed by atoms with Crippen molar-refractivity contribution < 1.29 is 23.5 Å². The number of esters is 2. The topological polar surface area (TPSA) is 78.6 Å². The van der Waals surface area contributed by atoms with E-state index in [4.69, 9.17) is 9.15 Å². The maximum atomic E-state index is 11.3. The van der Waals surface area contributed by atoms with Gasteiger partial charge in [0, 0.05) is 0 Å². The first-order valence-electron chi connectivity index (χ1n) is 4.33. The molecule has 1 heterocycles. The van der Waals surface area contributed by atoms with Crippen molar-refractivity contribution >= 4 is 11.9 Å². The number of carbonyl (C=O) groups excluding carboxylic acids is 2. The van der Waals surface area contributed by atoms with Gasteiger partial charge in [0.05, 0.1) is 13.7 Å². The summed E-state index contributed by atoms with van der Waals surface area (Å²) in [5.74, 6) is -1.37. The van der Waals surface area contributed by atoms with Gasteiger partial charge < -0.3 is 13.9 Å². The Labute approximate surface area is 86.2 Å². The maximum Gasteiger partial charge on any atom is 0.394 e. The summed E-state index contributed by atoms with van der Waals surface area (Å²) in [5.41, 5.74) is -0.00255. The van der Waals surface area contributed by atoms with Crippen molar-refractivity contribution in [2.75, 3.05) is 13.7 Å². The van der Waals surface area contributed by atoms with Crippen LogP contribution in [0, 0.1) is 6.92 Å². The minimum Gasteiger partial charge on any atom is -0.462 e. The molecule has 0 atom stereocenters. The minimum atomic E-state index is -0.728. The zero-order valence-corrected chi connectivity index (χ0v) is 8.70. The summed E-state index contributed by atoms with van der Waals surface area (Å²) < 4.78 is 14.1. The van der Waals surface area contributed by atoms with E-state index in [0.717, 1.165) is 0 Å². The third kappa shape index (κ3) is 2.34. The van der Waals surface area contributed by atoms with Gasteiger partial charge in [0.25, 0.3) is 0 Å². The van der Waals surface area contributed by atoms with Gasteiger partial charge in [-0.2, -0.15) is 4.98 Å². The third-order valence-electron chi connectivity index (χ3n) is 1.63. The second-order valence-corrected chi connectivity index (χ2v) is 2.64. The van der Waals surface area contributed by atoms with Gasteiger partial charge in [-0.05, 0) is 13.8 Å². The molecule has 0 aliphatic carbocycles. The first kappa shape index (κ1) is 11.2. The zero-order chi connectivity index (χ0) is 11.4. The lowest BCUT2D eigenvalue weighted by molar-refractivity contribution is 0.0518. The summed E-state index contributed by atoms with van der Waals surface area (Å²) in [5, 5.41) is 0. The fourth-order valence-corrected chi connectivity index (χ4v) is 0.960. The Morgan fingerprint density at radius 3 is 2.60 bits per heavy atom. The van der Waals surface area contributed by atoms with E-state index in [1.807, 2.05) is 0 Å². The maximum absolute atomic E-state index is 11.3. The molecule has 0 saturated heterocycles. The summed E-state index contributed by atoms with van der Waals surface area (Å²) in [4.78, 5) is 26.0. The van der Waals surface area contributed by atoms with Gasteiger partial charge in [-0.1, -0.05) is 0 Å². The highest BCUT2D eigenvalue weighted by Gasteiger charge is 2.22. The molecule has 15 heavy (non-hydrogen) atoms. The van der Waals surface area contributed by atoms with Crippen LogP contribution in [0.5, 0.6) is 0 Å². The van der Waals surface area contributed by atoms with Crippen molar-refractivity contribution in [1.82, 2.24) is 4.98 Å². The molecule has 0 unspecified atom stereocenters. The molecule has 1 aromatic rings. The minimum absolute atomic E-state index is 0.00255. The molecule has 0 aliphatic heterocycles. The van der Waals surface area contributed by atoms with E-state index in [2.05, 4.69) is 9.72 Å². The van der Waals surface area contributed by atoms with Gasteiger partial charge >= 0.3 is 17.8 Å². The molecular formula is C9H11NO5. The van der Waals surface area contributed by atoms with E-state index < -0.39 is 11.9 Å². The Kier molecular flexibility index (Phi) is 3.43. The summed E-state index contributed by atoms with van der Waals surface area (Å²) in [6.45, 7) is 3.43. The van der Waals surface area contributed by atoms with E-state index in [1.165, 1.54) is 14.0 Å². The van der Waals surface area contributed by atoms with Gasteiger partial charge in [-0.3, -0.25) is 0 Å². The summed E-state index contributed by atoms with van der Waals surface area (Å²) >= 11 is 0. The molecule has 0 amide bonds. The third-order valence-corrected chi connectivity index (χ3v) is 1.63. The van der Waals surface area contributed by atoms with Gasteiger partial charge in [-0.25, -0.2) is 9.59 Å². The fourth-order valence-electron chi connectivity index (χ4n) is 0.960. The number of hydrogen-bond acceptors (Lipinski definition) is 6. The molecule has 0 radical (unpaired) electrons. The standard InChI is InChI=1S/C9H11NO5/c1-4-14-8(11)6-5(2)15-7(10-6)9(12)13-3/h4H2,1-3H3. The van der Waals surface area contributed by atoms with Crippen molar-refractivity contribution in [3.05, 3.63) is 17.3 Å². The normalized spacial score (nSPS) is 9.80. The summed E-state index contributed by atoms with van der Waals surface area (Å²) in [7, 11) is 1.20. The quantitative estimate of drug-likeness (QED) is 0.695. The van der Waals surface area contributed by atoms with Crippen LogP contribution in [-0.4, -0.2) is 30.6 Å². The van der Waals surface area contributed by atoms with Crippen molar-refractivity contribution in [3.8, 4) is 0 Å². The molecule has 0 bridgehead atoms. The van der Waals surface area contributed by atoms with E-state index >= 15 is 0 Å². The molecular weight excluding hydrogens is 202 g/mol. The first-order chi connectivity index (χ1) is 7.10. The molecule has 1 rings (SSSR count).